The molecular formula is C36H68O6S. The molecule has 0 unspecified atom stereocenters. The van der Waals surface area contributed by atoms with E-state index < -0.39 is 6.10 Å². The summed E-state index contributed by atoms with van der Waals surface area (Å²) >= 11 is 1.44. The van der Waals surface area contributed by atoms with Gasteiger partial charge >= 0.3 is 11.9 Å². The van der Waals surface area contributed by atoms with Gasteiger partial charge in [-0.3, -0.25) is 14.4 Å². The van der Waals surface area contributed by atoms with Gasteiger partial charge in [0.05, 0.1) is 6.61 Å². The van der Waals surface area contributed by atoms with Crippen molar-refractivity contribution < 1.29 is 29.0 Å². The van der Waals surface area contributed by atoms with Crippen LogP contribution in [0, 0.1) is 0 Å². The Labute approximate surface area is 269 Å². The number of unbranched alkanes of at least 4 members (excludes halogenated alkanes) is 23. The third-order valence-corrected chi connectivity index (χ3v) is 8.90. The van der Waals surface area contributed by atoms with Crippen LogP contribution in [0.25, 0.3) is 0 Å². The van der Waals surface area contributed by atoms with Crippen molar-refractivity contribution in [1.29, 1.82) is 0 Å². The Morgan fingerprint density at radius 3 is 1.33 bits per heavy atom. The molecule has 0 aliphatic rings. The Bertz CT molecular complexity index is 641. The molecule has 0 aromatic rings. The summed E-state index contributed by atoms with van der Waals surface area (Å²) in [5.41, 5.74) is 0. The Balaban J connectivity index is 3.51. The second-order valence-electron chi connectivity index (χ2n) is 12.3. The highest BCUT2D eigenvalue weighted by Gasteiger charge is 2.16. The lowest BCUT2D eigenvalue weighted by Gasteiger charge is -2.15. The molecule has 0 saturated carbocycles. The van der Waals surface area contributed by atoms with Crippen molar-refractivity contribution in [2.45, 2.75) is 193 Å². The monoisotopic (exact) mass is 628 g/mol. The quantitative estimate of drug-likeness (QED) is 0.0571. The molecule has 0 amide bonds. The molecule has 0 rings (SSSR count). The minimum absolute atomic E-state index is 0.0724. The maximum atomic E-state index is 12.1. The number of carbonyl (C=O) groups excluding carboxylic acids is 3. The summed E-state index contributed by atoms with van der Waals surface area (Å²) < 4.78 is 10.6. The number of aliphatic hydroxyl groups is 1. The van der Waals surface area contributed by atoms with Crippen molar-refractivity contribution in [3.05, 3.63) is 0 Å². The lowest BCUT2D eigenvalue weighted by atomic mass is 10.0. The first-order valence-corrected chi connectivity index (χ1v) is 19.1. The van der Waals surface area contributed by atoms with Crippen LogP contribution in [0.1, 0.15) is 187 Å². The Kier molecular flexibility index (Phi) is 33.0. The van der Waals surface area contributed by atoms with E-state index >= 15 is 0 Å². The molecule has 254 valence electrons. The van der Waals surface area contributed by atoms with E-state index in [1.165, 1.54) is 127 Å². The van der Waals surface area contributed by atoms with Gasteiger partial charge < -0.3 is 14.6 Å². The molecule has 0 aromatic carbocycles. The van der Waals surface area contributed by atoms with Gasteiger partial charge in [0.15, 0.2) is 11.2 Å². The zero-order valence-electron chi connectivity index (χ0n) is 28.2. The van der Waals surface area contributed by atoms with E-state index in [9.17, 15) is 19.5 Å². The summed E-state index contributed by atoms with van der Waals surface area (Å²) in [6.45, 7) is 3.48. The molecule has 0 radical (unpaired) electrons. The van der Waals surface area contributed by atoms with Gasteiger partial charge in [0.2, 0.25) is 0 Å². The molecule has 0 aliphatic carbocycles. The maximum absolute atomic E-state index is 12.1. The van der Waals surface area contributed by atoms with E-state index in [0.717, 1.165) is 50.7 Å². The summed E-state index contributed by atoms with van der Waals surface area (Å²) in [5, 5.41) is 9.74. The van der Waals surface area contributed by atoms with Crippen LogP contribution in [-0.4, -0.2) is 47.2 Å². The van der Waals surface area contributed by atoms with Crippen molar-refractivity contribution in [2.75, 3.05) is 19.0 Å². The van der Waals surface area contributed by atoms with Gasteiger partial charge in [-0.2, -0.15) is 0 Å². The first-order valence-electron chi connectivity index (χ1n) is 18.1. The van der Waals surface area contributed by atoms with Gasteiger partial charge in [0, 0.05) is 25.5 Å². The van der Waals surface area contributed by atoms with Crippen LogP contribution in [0.4, 0.5) is 0 Å². The van der Waals surface area contributed by atoms with Crippen molar-refractivity contribution in [3.63, 3.8) is 0 Å². The summed E-state index contributed by atoms with van der Waals surface area (Å²) in [7, 11) is 0. The second-order valence-corrected chi connectivity index (χ2v) is 13.6. The van der Waals surface area contributed by atoms with Gasteiger partial charge in [-0.05, 0) is 19.3 Å². The number of aliphatic hydroxyl groups excluding tert-OH is 1. The van der Waals surface area contributed by atoms with E-state index in [2.05, 4.69) is 6.92 Å². The minimum atomic E-state index is -0.774. The minimum Gasteiger partial charge on any atom is -0.462 e. The largest absolute Gasteiger partial charge is 0.462 e. The topological polar surface area (TPSA) is 89.9 Å². The number of carbonyl (C=O) groups is 3. The number of rotatable bonds is 33. The Morgan fingerprint density at radius 2 is 0.930 bits per heavy atom. The lowest BCUT2D eigenvalue weighted by molar-refractivity contribution is -0.161. The lowest BCUT2D eigenvalue weighted by Crippen LogP contribution is -2.28. The van der Waals surface area contributed by atoms with Gasteiger partial charge in [-0.1, -0.05) is 160 Å². The molecule has 0 aliphatic heterocycles. The van der Waals surface area contributed by atoms with Gasteiger partial charge in [0.1, 0.15) is 6.61 Å². The third kappa shape index (κ3) is 33.6. The molecule has 0 heterocycles. The summed E-state index contributed by atoms with van der Waals surface area (Å²) in [4.78, 5) is 35.0. The van der Waals surface area contributed by atoms with Crippen LogP contribution < -0.4 is 0 Å². The maximum Gasteiger partial charge on any atom is 0.306 e. The second kappa shape index (κ2) is 33.8. The van der Waals surface area contributed by atoms with E-state index in [0.29, 0.717) is 12.8 Å². The molecule has 0 spiro atoms. The highest BCUT2D eigenvalue weighted by molar-refractivity contribution is 8.13. The van der Waals surface area contributed by atoms with Crippen molar-refractivity contribution in [1.82, 2.24) is 0 Å². The molecular weight excluding hydrogens is 560 g/mol. The van der Waals surface area contributed by atoms with E-state index in [1.807, 2.05) is 0 Å². The normalized spacial score (nSPS) is 11.9. The summed E-state index contributed by atoms with van der Waals surface area (Å²) in [6, 6.07) is 0. The molecule has 43 heavy (non-hydrogen) atoms. The predicted molar refractivity (Wildman–Crippen MR) is 181 cm³/mol. The SMILES string of the molecule is CCCCCCCCCCCCCCCC(=O)O[C@@H](CO)COC(=O)CCCCCCCCCCCCCCSC(C)=O. The molecule has 0 fully saturated rings. The van der Waals surface area contributed by atoms with Gasteiger partial charge in [0.25, 0.3) is 0 Å². The third-order valence-electron chi connectivity index (χ3n) is 8.00. The molecule has 0 aromatic heterocycles. The van der Waals surface area contributed by atoms with E-state index in [1.54, 1.807) is 6.92 Å². The molecule has 0 saturated heterocycles. The highest BCUT2D eigenvalue weighted by atomic mass is 32.2. The van der Waals surface area contributed by atoms with E-state index in [-0.39, 0.29) is 30.3 Å². The van der Waals surface area contributed by atoms with Crippen molar-refractivity contribution in [2.24, 2.45) is 0 Å². The fourth-order valence-corrected chi connectivity index (χ4v) is 5.90. The molecule has 1 N–H and O–H groups in total. The number of hydrogen-bond donors (Lipinski definition) is 1. The van der Waals surface area contributed by atoms with Crippen LogP contribution in [0.15, 0.2) is 0 Å². The average Bonchev–Trinajstić information content (AvgIpc) is 2.99. The van der Waals surface area contributed by atoms with Crippen LogP contribution in [0.5, 0.6) is 0 Å². The van der Waals surface area contributed by atoms with E-state index in [4.69, 9.17) is 9.47 Å². The fourth-order valence-electron chi connectivity index (χ4n) is 5.27. The van der Waals surface area contributed by atoms with Gasteiger partial charge in [-0.15, -0.1) is 0 Å². The van der Waals surface area contributed by atoms with Crippen molar-refractivity contribution >= 4 is 28.8 Å². The zero-order valence-corrected chi connectivity index (χ0v) is 29.0. The molecule has 6 nitrogen and oxygen atoms in total. The smallest absolute Gasteiger partial charge is 0.306 e. The molecule has 1 atom stereocenters. The zero-order chi connectivity index (χ0) is 31.6. The first kappa shape index (κ1) is 41.9. The number of esters is 2. The highest BCUT2D eigenvalue weighted by Crippen LogP contribution is 2.15. The van der Waals surface area contributed by atoms with Crippen LogP contribution in [0.2, 0.25) is 0 Å². The van der Waals surface area contributed by atoms with Crippen LogP contribution in [-0.2, 0) is 23.9 Å². The predicted octanol–water partition coefficient (Wildman–Crippen LogP) is 10.3. The Hall–Kier alpha value is -1.08. The van der Waals surface area contributed by atoms with Crippen molar-refractivity contribution in [3.8, 4) is 0 Å². The number of ether oxygens (including phenoxy) is 2. The average molecular weight is 629 g/mol. The standard InChI is InChI=1S/C36H68O6S/c1-3-4-5-6-7-8-9-10-14-17-20-23-26-29-36(40)42-34(31-37)32-41-35(39)28-25-22-19-16-13-11-12-15-18-21-24-27-30-43-33(2)38/h34,37H,3-32H2,1-2H3/t34-/m0/s1. The summed E-state index contributed by atoms with van der Waals surface area (Å²) in [5.74, 6) is 0.356. The summed E-state index contributed by atoms with van der Waals surface area (Å²) in [6.07, 6.45) is 30.5. The fraction of sp³-hybridized carbons (Fsp3) is 0.917. The van der Waals surface area contributed by atoms with Gasteiger partial charge in [-0.25, -0.2) is 0 Å². The van der Waals surface area contributed by atoms with Crippen LogP contribution in [0.3, 0.4) is 0 Å². The Morgan fingerprint density at radius 1 is 0.558 bits per heavy atom. The number of hydrogen-bond acceptors (Lipinski definition) is 7. The van der Waals surface area contributed by atoms with Crippen LogP contribution >= 0.6 is 11.8 Å². The number of thioether (sulfide) groups is 1. The molecule has 7 heteroatoms. The first-order chi connectivity index (χ1) is 21.0. The molecule has 0 bridgehead atoms.